The van der Waals surface area contributed by atoms with E-state index >= 15 is 0 Å². The summed E-state index contributed by atoms with van der Waals surface area (Å²) in [6.07, 6.45) is 2.12. The van der Waals surface area contributed by atoms with Crippen molar-refractivity contribution in [2.75, 3.05) is 0 Å². The van der Waals surface area contributed by atoms with Crippen LogP contribution in [0.2, 0.25) is 0 Å². The van der Waals surface area contributed by atoms with E-state index in [1.54, 1.807) is 0 Å². The lowest BCUT2D eigenvalue weighted by Gasteiger charge is -2.20. The van der Waals surface area contributed by atoms with E-state index in [1.165, 1.54) is 0 Å². The van der Waals surface area contributed by atoms with Crippen molar-refractivity contribution < 1.29 is 46.3 Å². The fraction of sp³-hybridized carbons (Fsp3) is 0.379. The van der Waals surface area contributed by atoms with Gasteiger partial charge in [0.05, 0.1) is 24.9 Å². The van der Waals surface area contributed by atoms with Gasteiger partial charge in [-0.2, -0.15) is 17.6 Å². The van der Waals surface area contributed by atoms with E-state index in [9.17, 15) is 46.3 Å². The molecule has 42 heavy (non-hydrogen) atoms. The maximum Gasteiger partial charge on any atom is 0.372 e. The zero-order chi connectivity index (χ0) is 30.3. The normalized spacial score (nSPS) is 24.8. The summed E-state index contributed by atoms with van der Waals surface area (Å²) in [5.41, 5.74) is -2.22. The Morgan fingerprint density at radius 1 is 0.595 bits per heavy atom. The molecule has 0 bridgehead atoms. The molecule has 2 atom stereocenters. The average molecular weight is 635 g/mol. The molecule has 0 aromatic carbocycles. The van der Waals surface area contributed by atoms with Gasteiger partial charge in [0.2, 0.25) is 11.6 Å². The van der Waals surface area contributed by atoms with Crippen LogP contribution in [0.4, 0.5) is 17.6 Å². The highest BCUT2D eigenvalue weighted by molar-refractivity contribution is 7.28. The number of carbonyl (C=O) groups is 6. The van der Waals surface area contributed by atoms with E-state index in [2.05, 4.69) is 0 Å². The second-order valence-electron chi connectivity index (χ2n) is 11.2. The molecule has 2 unspecified atom stereocenters. The van der Waals surface area contributed by atoms with Crippen LogP contribution in [0.25, 0.3) is 19.5 Å². The second-order valence-corrected chi connectivity index (χ2v) is 14.3. The Hall–Kier alpha value is -3.16. The van der Waals surface area contributed by atoms with Crippen LogP contribution in [-0.2, 0) is 0 Å². The molecule has 4 aliphatic carbocycles. The molecule has 216 valence electrons. The molecule has 1 spiro atoms. The summed E-state index contributed by atoms with van der Waals surface area (Å²) >= 11 is 2.16. The molecule has 0 amide bonds. The molecule has 6 nitrogen and oxygen atoms in total. The predicted molar refractivity (Wildman–Crippen MR) is 146 cm³/mol. The smallest absolute Gasteiger partial charge is 0.293 e. The number of alkyl halides is 4. The molecule has 0 radical (unpaired) electrons. The van der Waals surface area contributed by atoms with Crippen molar-refractivity contribution in [3.63, 3.8) is 0 Å². The fourth-order valence-corrected chi connectivity index (χ4v) is 10.7. The minimum atomic E-state index is -4.18. The molecule has 0 N–H and O–H groups in total. The Balaban J connectivity index is 1.43. The van der Waals surface area contributed by atoms with Crippen LogP contribution in [-0.4, -0.2) is 46.5 Å². The van der Waals surface area contributed by atoms with Gasteiger partial charge in [-0.25, -0.2) is 0 Å². The highest BCUT2D eigenvalue weighted by Gasteiger charge is 2.62. The summed E-state index contributed by atoms with van der Waals surface area (Å²) in [5.74, 6) is -15.6. The van der Waals surface area contributed by atoms with Crippen LogP contribution in [0.5, 0.6) is 0 Å². The summed E-state index contributed by atoms with van der Waals surface area (Å²) in [5, 5.41) is 0. The van der Waals surface area contributed by atoms with Gasteiger partial charge in [-0.1, -0.05) is 26.7 Å². The number of rotatable bonds is 4. The van der Waals surface area contributed by atoms with Gasteiger partial charge in [-0.05, 0) is 36.8 Å². The SMILES string of the molecule is CCC1CC2(CC1CC)C(=O)c1c(-c3cc4c(s3)C(=O)C(F)(F)C4=O)sc(-c3cc4c(s3)C(=O)C(F)(F)C4=O)c1C2=O. The number of Topliss-reactive ketones (excluding diaryl/α,β-unsaturated/α-hetero) is 6. The Morgan fingerprint density at radius 2 is 0.976 bits per heavy atom. The largest absolute Gasteiger partial charge is 0.372 e. The maximum absolute atomic E-state index is 14.3. The van der Waals surface area contributed by atoms with E-state index in [0.717, 1.165) is 36.3 Å². The zero-order valence-electron chi connectivity index (χ0n) is 21.8. The topological polar surface area (TPSA) is 102 Å². The minimum absolute atomic E-state index is 0.0368. The molecule has 1 saturated carbocycles. The predicted octanol–water partition coefficient (Wildman–Crippen LogP) is 7.45. The minimum Gasteiger partial charge on any atom is -0.293 e. The van der Waals surface area contributed by atoms with Gasteiger partial charge in [-0.15, -0.1) is 34.0 Å². The van der Waals surface area contributed by atoms with Gasteiger partial charge in [0, 0.05) is 32.0 Å². The Kier molecular flexibility index (Phi) is 5.58. The number of carbonyl (C=O) groups excluding carboxylic acids is 6. The summed E-state index contributed by atoms with van der Waals surface area (Å²) < 4.78 is 56.4. The quantitative estimate of drug-likeness (QED) is 0.218. The van der Waals surface area contributed by atoms with Crippen molar-refractivity contribution in [1.82, 2.24) is 0 Å². The molecule has 1 fully saturated rings. The van der Waals surface area contributed by atoms with E-state index in [-0.39, 0.29) is 42.5 Å². The maximum atomic E-state index is 14.3. The lowest BCUT2D eigenvalue weighted by Crippen LogP contribution is -2.31. The number of fused-ring (bicyclic) bond motifs is 3. The van der Waals surface area contributed by atoms with E-state index in [0.29, 0.717) is 35.5 Å². The third-order valence-corrected chi connectivity index (χ3v) is 12.9. The van der Waals surface area contributed by atoms with Crippen LogP contribution in [0.3, 0.4) is 0 Å². The highest BCUT2D eigenvalue weighted by Crippen LogP contribution is 2.61. The van der Waals surface area contributed by atoms with Crippen LogP contribution >= 0.6 is 34.0 Å². The molecule has 3 heterocycles. The second kappa shape index (κ2) is 8.48. The van der Waals surface area contributed by atoms with Crippen LogP contribution in [0.1, 0.15) is 100 Å². The number of hydrogen-bond acceptors (Lipinski definition) is 9. The fourth-order valence-electron chi connectivity index (χ4n) is 6.94. The molecule has 0 saturated heterocycles. The van der Waals surface area contributed by atoms with E-state index in [4.69, 9.17) is 0 Å². The Bertz CT molecular complexity index is 1660. The number of hydrogen-bond donors (Lipinski definition) is 0. The summed E-state index contributed by atoms with van der Waals surface area (Å²) in [6.45, 7) is 3.96. The van der Waals surface area contributed by atoms with E-state index < -0.39 is 72.8 Å². The van der Waals surface area contributed by atoms with Gasteiger partial charge < -0.3 is 0 Å². The summed E-state index contributed by atoms with van der Waals surface area (Å²) in [6, 6.07) is 2.25. The first-order valence-corrected chi connectivity index (χ1v) is 15.6. The molecule has 3 aromatic rings. The van der Waals surface area contributed by atoms with Crippen LogP contribution in [0.15, 0.2) is 12.1 Å². The van der Waals surface area contributed by atoms with Crippen molar-refractivity contribution >= 4 is 68.7 Å². The highest BCUT2D eigenvalue weighted by atomic mass is 32.1. The molecule has 4 aliphatic rings. The zero-order valence-corrected chi connectivity index (χ0v) is 24.3. The molecule has 7 rings (SSSR count). The van der Waals surface area contributed by atoms with Crippen molar-refractivity contribution in [3.05, 3.63) is 44.1 Å². The van der Waals surface area contributed by atoms with Crippen molar-refractivity contribution in [2.24, 2.45) is 17.3 Å². The molecule has 3 aromatic heterocycles. The van der Waals surface area contributed by atoms with Gasteiger partial charge in [0.25, 0.3) is 11.6 Å². The van der Waals surface area contributed by atoms with Crippen LogP contribution < -0.4 is 0 Å². The average Bonchev–Trinajstić information content (AvgIpc) is 3.79. The van der Waals surface area contributed by atoms with Gasteiger partial charge in [0.15, 0.2) is 11.6 Å². The van der Waals surface area contributed by atoms with Crippen molar-refractivity contribution in [2.45, 2.75) is 51.4 Å². The summed E-state index contributed by atoms with van der Waals surface area (Å²) in [7, 11) is 0. The first-order chi connectivity index (χ1) is 19.7. The standard InChI is InChI=1S/C29H18F4O6S3/c1-3-9-7-27(8-10(9)4-2)23(36)15-16(24(27)37)20(14-6-12-18(41-14)26(39)29(32,33)22(12)35)42-19(15)13-5-11-17(40-13)25(38)28(30,31)21(11)34/h5-6,9-10H,3-4,7-8H2,1-2H3. The molecular weight excluding hydrogens is 617 g/mol. The third kappa shape index (κ3) is 3.14. The molecule has 0 aliphatic heterocycles. The van der Waals surface area contributed by atoms with Crippen molar-refractivity contribution in [1.29, 1.82) is 0 Å². The number of thiophene rings is 3. The number of ketones is 6. The third-order valence-electron chi connectivity index (χ3n) is 9.12. The van der Waals surface area contributed by atoms with E-state index in [1.807, 2.05) is 13.8 Å². The van der Waals surface area contributed by atoms with Crippen LogP contribution in [0, 0.1) is 17.3 Å². The first kappa shape index (κ1) is 27.7. The molecular formula is C29H18F4O6S3. The number of halogens is 4. The summed E-state index contributed by atoms with van der Waals surface area (Å²) in [4.78, 5) is 77.5. The van der Waals surface area contributed by atoms with Gasteiger partial charge in [0.1, 0.15) is 0 Å². The lowest BCUT2D eigenvalue weighted by atomic mass is 9.79. The van der Waals surface area contributed by atoms with Crippen molar-refractivity contribution in [3.8, 4) is 19.5 Å². The lowest BCUT2D eigenvalue weighted by molar-refractivity contribution is 0.0187. The molecule has 13 heteroatoms. The Labute approximate surface area is 246 Å². The Morgan fingerprint density at radius 3 is 1.31 bits per heavy atom. The van der Waals surface area contributed by atoms with Gasteiger partial charge in [-0.3, -0.25) is 28.8 Å². The monoisotopic (exact) mass is 634 g/mol. The first-order valence-electron chi connectivity index (χ1n) is 13.2. The van der Waals surface area contributed by atoms with Gasteiger partial charge >= 0.3 is 11.8 Å².